The van der Waals surface area contributed by atoms with Crippen molar-refractivity contribution in [2.45, 2.75) is 6.61 Å². The van der Waals surface area contributed by atoms with Gasteiger partial charge in [-0.3, -0.25) is 0 Å². The fourth-order valence-corrected chi connectivity index (χ4v) is 1.67. The molecule has 0 spiro atoms. The van der Waals surface area contributed by atoms with Gasteiger partial charge in [-0.2, -0.15) is 5.26 Å². The van der Waals surface area contributed by atoms with Gasteiger partial charge in [-0.15, -0.1) is 0 Å². The summed E-state index contributed by atoms with van der Waals surface area (Å²) in [6.07, 6.45) is 0. The molecule has 0 radical (unpaired) electrons. The van der Waals surface area contributed by atoms with Gasteiger partial charge in [0.25, 0.3) is 0 Å². The number of benzene rings is 2. The average Bonchev–Trinajstić information content (AvgIpc) is 2.41. The molecular formula is C14H10ClFN2O. The number of hydrogen-bond acceptors (Lipinski definition) is 3. The highest BCUT2D eigenvalue weighted by atomic mass is 35.5. The lowest BCUT2D eigenvalue weighted by molar-refractivity contribution is 0.304. The minimum atomic E-state index is -0.499. The van der Waals surface area contributed by atoms with Gasteiger partial charge >= 0.3 is 0 Å². The molecule has 0 aliphatic heterocycles. The number of rotatable bonds is 3. The molecule has 0 aromatic heterocycles. The standard InChI is InChI=1S/C14H10ClFN2O/c15-12-3-1-9(5-13(12)16)8-19-14-4-2-11(18)6-10(14)7-17/h1-6H,8,18H2. The molecule has 0 amide bonds. The molecule has 0 atom stereocenters. The van der Waals surface area contributed by atoms with Crippen molar-refractivity contribution in [3.63, 3.8) is 0 Å². The van der Waals surface area contributed by atoms with Crippen LogP contribution >= 0.6 is 11.6 Å². The van der Waals surface area contributed by atoms with Crippen molar-refractivity contribution in [3.8, 4) is 11.8 Å². The normalized spacial score (nSPS) is 9.95. The van der Waals surface area contributed by atoms with Crippen molar-refractivity contribution in [2.75, 3.05) is 5.73 Å². The van der Waals surface area contributed by atoms with Gasteiger partial charge < -0.3 is 10.5 Å². The Labute approximate surface area is 115 Å². The Morgan fingerprint density at radius 3 is 2.74 bits per heavy atom. The summed E-state index contributed by atoms with van der Waals surface area (Å²) in [5.74, 6) is -0.0902. The van der Waals surface area contributed by atoms with E-state index >= 15 is 0 Å². The second-order valence-corrected chi connectivity index (χ2v) is 4.31. The smallest absolute Gasteiger partial charge is 0.142 e. The number of hydrogen-bond donors (Lipinski definition) is 1. The van der Waals surface area contributed by atoms with Crippen LogP contribution in [-0.4, -0.2) is 0 Å². The molecule has 0 bridgehead atoms. The molecule has 0 aliphatic rings. The third-order valence-corrected chi connectivity index (χ3v) is 2.81. The molecule has 19 heavy (non-hydrogen) atoms. The Hall–Kier alpha value is -2.25. The fraction of sp³-hybridized carbons (Fsp3) is 0.0714. The van der Waals surface area contributed by atoms with Crippen LogP contribution in [0.1, 0.15) is 11.1 Å². The molecule has 96 valence electrons. The first-order valence-corrected chi connectivity index (χ1v) is 5.84. The first-order chi connectivity index (χ1) is 9.10. The summed E-state index contributed by atoms with van der Waals surface area (Å²) in [5.41, 5.74) is 7.03. The van der Waals surface area contributed by atoms with Crippen LogP contribution in [0.25, 0.3) is 0 Å². The molecule has 0 heterocycles. The number of nitriles is 1. The predicted molar refractivity (Wildman–Crippen MR) is 71.3 cm³/mol. The van der Waals surface area contributed by atoms with E-state index in [9.17, 15) is 4.39 Å². The Morgan fingerprint density at radius 1 is 1.26 bits per heavy atom. The third kappa shape index (κ3) is 3.15. The minimum absolute atomic E-state index is 0.0638. The van der Waals surface area contributed by atoms with Crippen molar-refractivity contribution in [2.24, 2.45) is 0 Å². The van der Waals surface area contributed by atoms with E-state index in [2.05, 4.69) is 0 Å². The topological polar surface area (TPSA) is 59.0 Å². The fourth-order valence-electron chi connectivity index (χ4n) is 1.55. The molecule has 0 fully saturated rings. The zero-order valence-electron chi connectivity index (χ0n) is 9.86. The quantitative estimate of drug-likeness (QED) is 0.873. The van der Waals surface area contributed by atoms with Gasteiger partial charge in [0.2, 0.25) is 0 Å². The molecule has 0 saturated carbocycles. The lowest BCUT2D eigenvalue weighted by Crippen LogP contribution is -1.98. The first-order valence-electron chi connectivity index (χ1n) is 5.46. The van der Waals surface area contributed by atoms with E-state index in [0.29, 0.717) is 22.6 Å². The van der Waals surface area contributed by atoms with Crippen LogP contribution in [0.5, 0.6) is 5.75 Å². The van der Waals surface area contributed by atoms with Gasteiger partial charge in [-0.05, 0) is 35.9 Å². The van der Waals surface area contributed by atoms with E-state index in [-0.39, 0.29) is 11.6 Å². The number of nitrogen functional groups attached to an aromatic ring is 1. The van der Waals surface area contributed by atoms with Crippen molar-refractivity contribution in [1.82, 2.24) is 0 Å². The van der Waals surface area contributed by atoms with E-state index in [1.54, 1.807) is 18.2 Å². The Kier molecular flexibility index (Phi) is 3.88. The zero-order chi connectivity index (χ0) is 13.8. The van der Waals surface area contributed by atoms with E-state index in [1.807, 2.05) is 6.07 Å². The number of anilines is 1. The maximum Gasteiger partial charge on any atom is 0.142 e. The molecule has 3 nitrogen and oxygen atoms in total. The van der Waals surface area contributed by atoms with Crippen molar-refractivity contribution in [3.05, 3.63) is 58.4 Å². The van der Waals surface area contributed by atoms with E-state index in [0.717, 1.165) is 0 Å². The lowest BCUT2D eigenvalue weighted by atomic mass is 10.2. The van der Waals surface area contributed by atoms with E-state index in [4.69, 9.17) is 27.3 Å². The number of nitrogens with two attached hydrogens (primary N) is 1. The SMILES string of the molecule is N#Cc1cc(N)ccc1OCc1ccc(Cl)c(F)c1. The highest BCUT2D eigenvalue weighted by Crippen LogP contribution is 2.22. The van der Waals surface area contributed by atoms with Crippen LogP contribution in [0.3, 0.4) is 0 Å². The van der Waals surface area contributed by atoms with Crippen molar-refractivity contribution < 1.29 is 9.13 Å². The van der Waals surface area contributed by atoms with Crippen LogP contribution in [0, 0.1) is 17.1 Å². The average molecular weight is 277 g/mol. The molecule has 2 aromatic carbocycles. The maximum atomic E-state index is 13.2. The summed E-state index contributed by atoms with van der Waals surface area (Å²) in [4.78, 5) is 0. The first kappa shape index (κ1) is 13.2. The van der Waals surface area contributed by atoms with Crippen LogP contribution in [0.15, 0.2) is 36.4 Å². The lowest BCUT2D eigenvalue weighted by Gasteiger charge is -2.08. The monoisotopic (exact) mass is 276 g/mol. The second kappa shape index (κ2) is 5.59. The molecule has 5 heteroatoms. The van der Waals surface area contributed by atoms with Crippen LogP contribution in [-0.2, 0) is 6.61 Å². The minimum Gasteiger partial charge on any atom is -0.488 e. The highest BCUT2D eigenvalue weighted by molar-refractivity contribution is 6.30. The molecule has 0 unspecified atom stereocenters. The zero-order valence-corrected chi connectivity index (χ0v) is 10.6. The largest absolute Gasteiger partial charge is 0.488 e. The van der Waals surface area contributed by atoms with Crippen molar-refractivity contribution >= 4 is 17.3 Å². The Bertz CT molecular complexity index is 652. The van der Waals surface area contributed by atoms with Crippen LogP contribution < -0.4 is 10.5 Å². The number of halogens is 2. The Morgan fingerprint density at radius 2 is 2.05 bits per heavy atom. The van der Waals surface area contributed by atoms with E-state index < -0.39 is 5.82 Å². The summed E-state index contributed by atoms with van der Waals surface area (Å²) in [6, 6.07) is 11.2. The van der Waals surface area contributed by atoms with Crippen LogP contribution in [0.4, 0.5) is 10.1 Å². The van der Waals surface area contributed by atoms with Gasteiger partial charge in [0.05, 0.1) is 10.6 Å². The number of ether oxygens (including phenoxy) is 1. The summed E-state index contributed by atoms with van der Waals surface area (Å²) >= 11 is 5.59. The number of nitrogens with zero attached hydrogens (tertiary/aromatic N) is 1. The molecule has 0 aliphatic carbocycles. The molecule has 2 rings (SSSR count). The molecule has 2 aromatic rings. The van der Waals surface area contributed by atoms with Gasteiger partial charge in [-0.25, -0.2) is 4.39 Å². The Balaban J connectivity index is 2.14. The molecular weight excluding hydrogens is 267 g/mol. The highest BCUT2D eigenvalue weighted by Gasteiger charge is 2.06. The third-order valence-electron chi connectivity index (χ3n) is 2.50. The van der Waals surface area contributed by atoms with Crippen LogP contribution in [0.2, 0.25) is 5.02 Å². The van der Waals surface area contributed by atoms with Gasteiger partial charge in [0.15, 0.2) is 0 Å². The molecule has 0 saturated heterocycles. The maximum absolute atomic E-state index is 13.2. The predicted octanol–water partition coefficient (Wildman–Crippen LogP) is 3.51. The molecule has 2 N–H and O–H groups in total. The second-order valence-electron chi connectivity index (χ2n) is 3.90. The summed E-state index contributed by atoms with van der Waals surface area (Å²) in [6.45, 7) is 0.146. The van der Waals surface area contributed by atoms with E-state index in [1.165, 1.54) is 18.2 Å². The van der Waals surface area contributed by atoms with Gasteiger partial charge in [-0.1, -0.05) is 17.7 Å². The summed E-state index contributed by atoms with van der Waals surface area (Å²) in [5, 5.41) is 9.02. The summed E-state index contributed by atoms with van der Waals surface area (Å²) < 4.78 is 18.7. The summed E-state index contributed by atoms with van der Waals surface area (Å²) in [7, 11) is 0. The van der Waals surface area contributed by atoms with Gasteiger partial charge in [0, 0.05) is 5.69 Å². The van der Waals surface area contributed by atoms with Gasteiger partial charge in [0.1, 0.15) is 24.2 Å². The van der Waals surface area contributed by atoms with Crippen molar-refractivity contribution in [1.29, 1.82) is 5.26 Å².